The molecule has 0 amide bonds. The van der Waals surface area contributed by atoms with Gasteiger partial charge >= 0.3 is 0 Å². The van der Waals surface area contributed by atoms with E-state index in [-0.39, 0.29) is 11.3 Å². The van der Waals surface area contributed by atoms with Gasteiger partial charge < -0.3 is 14.9 Å². The maximum atomic E-state index is 12.3. The van der Waals surface area contributed by atoms with Crippen LogP contribution in [0.15, 0.2) is 23.1 Å². The first kappa shape index (κ1) is 16.9. The molecule has 0 saturated carbocycles. The number of aliphatic hydroxyl groups excluding tert-OH is 2. The van der Waals surface area contributed by atoms with Gasteiger partial charge in [-0.15, -0.1) is 0 Å². The summed E-state index contributed by atoms with van der Waals surface area (Å²) in [6.07, 6.45) is 0.272. The number of benzene rings is 1. The van der Waals surface area contributed by atoms with Crippen LogP contribution in [-0.4, -0.2) is 44.5 Å². The molecule has 0 spiro atoms. The van der Waals surface area contributed by atoms with Gasteiger partial charge in [0.2, 0.25) is 10.0 Å². The van der Waals surface area contributed by atoms with Crippen molar-refractivity contribution in [2.45, 2.75) is 30.7 Å². The molecule has 0 atom stereocenters. The summed E-state index contributed by atoms with van der Waals surface area (Å²) in [6.45, 7) is 2.47. The second-order valence-corrected chi connectivity index (χ2v) is 6.37. The monoisotopic (exact) mass is 303 g/mol. The zero-order chi connectivity index (χ0) is 15.4. The first-order valence-electron chi connectivity index (χ1n) is 6.24. The van der Waals surface area contributed by atoms with Crippen molar-refractivity contribution in [2.75, 3.05) is 20.3 Å². The van der Waals surface area contributed by atoms with Crippen LogP contribution in [0.25, 0.3) is 0 Å². The summed E-state index contributed by atoms with van der Waals surface area (Å²) >= 11 is 0. The first-order chi connectivity index (χ1) is 9.34. The highest BCUT2D eigenvalue weighted by atomic mass is 32.2. The standard InChI is InChI=1S/C13H21NO5S/c1-4-13(8-15,9-16)14-20(17,18)11-5-6-12(19-3)10(2)7-11/h5-7,14-16H,4,8-9H2,1-3H3. The van der Waals surface area contributed by atoms with Crippen LogP contribution >= 0.6 is 0 Å². The van der Waals surface area contributed by atoms with Crippen molar-refractivity contribution in [1.29, 1.82) is 0 Å². The Hall–Kier alpha value is -1.15. The average Bonchev–Trinajstić information content (AvgIpc) is 2.44. The molecule has 114 valence electrons. The quantitative estimate of drug-likeness (QED) is 0.678. The molecule has 1 rings (SSSR count). The lowest BCUT2D eigenvalue weighted by atomic mass is 10.0. The summed E-state index contributed by atoms with van der Waals surface area (Å²) in [6, 6.07) is 4.47. The predicted molar refractivity (Wildman–Crippen MR) is 75.2 cm³/mol. The zero-order valence-electron chi connectivity index (χ0n) is 11.9. The van der Waals surface area contributed by atoms with Crippen molar-refractivity contribution in [3.8, 4) is 5.75 Å². The van der Waals surface area contributed by atoms with Gasteiger partial charge in [0.25, 0.3) is 0 Å². The normalized spacial score (nSPS) is 12.4. The van der Waals surface area contributed by atoms with E-state index in [0.717, 1.165) is 0 Å². The molecule has 0 fully saturated rings. The minimum Gasteiger partial charge on any atom is -0.496 e. The SMILES string of the molecule is CCC(CO)(CO)NS(=O)(=O)c1ccc(OC)c(C)c1. The zero-order valence-corrected chi connectivity index (χ0v) is 12.7. The third-order valence-electron chi connectivity index (χ3n) is 3.31. The largest absolute Gasteiger partial charge is 0.496 e. The molecule has 7 heteroatoms. The molecular weight excluding hydrogens is 282 g/mol. The number of methoxy groups -OCH3 is 1. The second-order valence-electron chi connectivity index (χ2n) is 4.69. The Bertz CT molecular complexity index is 544. The Morgan fingerprint density at radius 2 is 1.90 bits per heavy atom. The second kappa shape index (κ2) is 6.53. The molecule has 20 heavy (non-hydrogen) atoms. The number of sulfonamides is 1. The van der Waals surface area contributed by atoms with Crippen LogP contribution in [0.3, 0.4) is 0 Å². The molecule has 0 saturated heterocycles. The van der Waals surface area contributed by atoms with E-state index in [0.29, 0.717) is 11.3 Å². The Morgan fingerprint density at radius 1 is 1.30 bits per heavy atom. The third-order valence-corrected chi connectivity index (χ3v) is 4.89. The van der Waals surface area contributed by atoms with Gasteiger partial charge in [-0.05, 0) is 37.1 Å². The van der Waals surface area contributed by atoms with Gasteiger partial charge in [-0.2, -0.15) is 0 Å². The van der Waals surface area contributed by atoms with Crippen molar-refractivity contribution < 1.29 is 23.4 Å². The Morgan fingerprint density at radius 3 is 2.30 bits per heavy atom. The van der Waals surface area contributed by atoms with E-state index in [1.165, 1.54) is 19.2 Å². The van der Waals surface area contributed by atoms with E-state index < -0.39 is 28.8 Å². The van der Waals surface area contributed by atoms with Crippen molar-refractivity contribution in [2.24, 2.45) is 0 Å². The summed E-state index contributed by atoms with van der Waals surface area (Å²) in [5.74, 6) is 0.593. The van der Waals surface area contributed by atoms with Crippen molar-refractivity contribution >= 4 is 10.0 Å². The van der Waals surface area contributed by atoms with E-state index in [1.54, 1.807) is 19.9 Å². The Kier molecular flexibility index (Phi) is 5.52. The Labute approximate surface area is 119 Å². The minimum absolute atomic E-state index is 0.0653. The van der Waals surface area contributed by atoms with Crippen molar-refractivity contribution in [3.63, 3.8) is 0 Å². The lowest BCUT2D eigenvalue weighted by Crippen LogP contribution is -2.53. The van der Waals surface area contributed by atoms with Gasteiger partial charge in [0.15, 0.2) is 0 Å². The topological polar surface area (TPSA) is 95.9 Å². The summed E-state index contributed by atoms with van der Waals surface area (Å²) in [7, 11) is -2.32. The fourth-order valence-electron chi connectivity index (χ4n) is 1.77. The van der Waals surface area contributed by atoms with E-state index in [2.05, 4.69) is 4.72 Å². The molecule has 3 N–H and O–H groups in total. The number of rotatable bonds is 7. The van der Waals surface area contributed by atoms with Crippen LogP contribution in [0.1, 0.15) is 18.9 Å². The predicted octanol–water partition coefficient (Wildman–Crippen LogP) is 0.415. The van der Waals surface area contributed by atoms with Gasteiger partial charge in [-0.3, -0.25) is 0 Å². The lowest BCUT2D eigenvalue weighted by molar-refractivity contribution is 0.105. The maximum Gasteiger partial charge on any atom is 0.241 e. The Balaban J connectivity index is 3.14. The summed E-state index contributed by atoms with van der Waals surface area (Å²) in [5.41, 5.74) is -0.572. The molecule has 0 aliphatic rings. The van der Waals surface area contributed by atoms with E-state index in [9.17, 15) is 18.6 Å². The molecule has 6 nitrogen and oxygen atoms in total. The average molecular weight is 303 g/mol. The van der Waals surface area contributed by atoms with E-state index in [4.69, 9.17) is 4.74 Å². The highest BCUT2D eigenvalue weighted by Crippen LogP contribution is 2.22. The summed E-state index contributed by atoms with van der Waals surface area (Å²) in [4.78, 5) is 0.0653. The van der Waals surface area contributed by atoms with Crippen molar-refractivity contribution in [3.05, 3.63) is 23.8 Å². The highest BCUT2D eigenvalue weighted by Gasteiger charge is 2.32. The molecular formula is C13H21NO5S. The van der Waals surface area contributed by atoms with Crippen LogP contribution in [-0.2, 0) is 10.0 Å². The fourth-order valence-corrected chi connectivity index (χ4v) is 3.31. The maximum absolute atomic E-state index is 12.3. The van der Waals surface area contributed by atoms with Crippen LogP contribution in [0.5, 0.6) is 5.75 Å². The summed E-state index contributed by atoms with van der Waals surface area (Å²) in [5, 5.41) is 18.6. The van der Waals surface area contributed by atoms with Crippen LogP contribution in [0, 0.1) is 6.92 Å². The van der Waals surface area contributed by atoms with Crippen LogP contribution in [0.2, 0.25) is 0 Å². The molecule has 0 bridgehead atoms. The van der Waals surface area contributed by atoms with Crippen molar-refractivity contribution in [1.82, 2.24) is 4.72 Å². The smallest absolute Gasteiger partial charge is 0.241 e. The van der Waals surface area contributed by atoms with Gasteiger partial charge in [-0.1, -0.05) is 6.92 Å². The number of hydrogen-bond donors (Lipinski definition) is 3. The molecule has 0 unspecified atom stereocenters. The molecule has 0 radical (unpaired) electrons. The first-order valence-corrected chi connectivity index (χ1v) is 7.73. The number of aliphatic hydroxyl groups is 2. The van der Waals surface area contributed by atoms with E-state index in [1.807, 2.05) is 0 Å². The molecule has 0 aliphatic carbocycles. The van der Waals surface area contributed by atoms with Crippen LogP contribution in [0.4, 0.5) is 0 Å². The fraction of sp³-hybridized carbons (Fsp3) is 0.538. The molecule has 0 aliphatic heterocycles. The van der Waals surface area contributed by atoms with E-state index >= 15 is 0 Å². The van der Waals surface area contributed by atoms with Gasteiger partial charge in [0, 0.05) is 0 Å². The molecule has 1 aromatic carbocycles. The highest BCUT2D eigenvalue weighted by molar-refractivity contribution is 7.89. The summed E-state index contributed by atoms with van der Waals surface area (Å²) < 4.78 is 32.1. The number of ether oxygens (including phenoxy) is 1. The lowest BCUT2D eigenvalue weighted by Gasteiger charge is -2.29. The number of hydrogen-bond acceptors (Lipinski definition) is 5. The van der Waals surface area contributed by atoms with Gasteiger partial charge in [0.05, 0.1) is 30.8 Å². The number of aryl methyl sites for hydroxylation is 1. The van der Waals surface area contributed by atoms with Gasteiger partial charge in [-0.25, -0.2) is 13.1 Å². The molecule has 1 aromatic rings. The third kappa shape index (κ3) is 3.49. The molecule has 0 aromatic heterocycles. The van der Waals surface area contributed by atoms with Crippen LogP contribution < -0.4 is 9.46 Å². The van der Waals surface area contributed by atoms with Gasteiger partial charge in [0.1, 0.15) is 5.75 Å². The minimum atomic E-state index is -3.83. The molecule has 0 heterocycles. The number of nitrogens with one attached hydrogen (secondary N) is 1.